The molecular weight excluding hydrogens is 172 g/mol. The van der Waals surface area contributed by atoms with Crippen LogP contribution in [0.25, 0.3) is 0 Å². The highest BCUT2D eigenvalue weighted by Gasteiger charge is 2.28. The normalized spacial score (nSPS) is 9.85. The van der Waals surface area contributed by atoms with Gasteiger partial charge in [0.25, 0.3) is 0 Å². The molecule has 0 fully saturated rings. The summed E-state index contributed by atoms with van der Waals surface area (Å²) in [7, 11) is 2.49. The predicted octanol–water partition coefficient (Wildman–Crippen LogP) is 1.10. The molecule has 0 saturated carbocycles. The Hall–Kier alpha value is -1.06. The van der Waals surface area contributed by atoms with Crippen LogP contribution in [0, 0.1) is 5.92 Å². The van der Waals surface area contributed by atoms with Crippen LogP contribution in [0.1, 0.15) is 26.2 Å². The molecular formula is C9H15O4. The van der Waals surface area contributed by atoms with Gasteiger partial charge in [-0.25, -0.2) is 0 Å². The molecule has 0 aliphatic heterocycles. The van der Waals surface area contributed by atoms with Gasteiger partial charge in [0.1, 0.15) is 0 Å². The molecule has 75 valence electrons. The molecule has 0 unspecified atom stereocenters. The van der Waals surface area contributed by atoms with E-state index in [-0.39, 0.29) is 5.92 Å². The van der Waals surface area contributed by atoms with Crippen LogP contribution in [0.3, 0.4) is 0 Å². The maximum Gasteiger partial charge on any atom is 0.325 e. The van der Waals surface area contributed by atoms with Crippen LogP contribution in [0.2, 0.25) is 0 Å². The van der Waals surface area contributed by atoms with Crippen LogP contribution < -0.4 is 0 Å². The standard InChI is InChI=1S/C9H15O4/c1-4-5-6-7(8(10)12-2)9(11)13-3/h4-6H2,1-3H3. The number of carbonyl (C=O) groups is 2. The van der Waals surface area contributed by atoms with Gasteiger partial charge in [0.05, 0.1) is 14.2 Å². The Kier molecular flexibility index (Phi) is 5.93. The van der Waals surface area contributed by atoms with E-state index in [0.717, 1.165) is 12.8 Å². The van der Waals surface area contributed by atoms with Gasteiger partial charge in [-0.15, -0.1) is 0 Å². The van der Waals surface area contributed by atoms with Crippen molar-refractivity contribution in [2.75, 3.05) is 14.2 Å². The molecule has 0 aromatic rings. The van der Waals surface area contributed by atoms with E-state index in [2.05, 4.69) is 9.47 Å². The average molecular weight is 187 g/mol. The minimum Gasteiger partial charge on any atom is -0.468 e. The first-order chi connectivity index (χ1) is 6.17. The number of esters is 2. The minimum absolute atomic E-state index is 0.0897. The van der Waals surface area contributed by atoms with Gasteiger partial charge in [-0.1, -0.05) is 19.8 Å². The summed E-state index contributed by atoms with van der Waals surface area (Å²) in [6, 6.07) is 0. The minimum atomic E-state index is -0.597. The van der Waals surface area contributed by atoms with Crippen molar-refractivity contribution >= 4 is 11.9 Å². The van der Waals surface area contributed by atoms with Crippen molar-refractivity contribution in [2.24, 2.45) is 0 Å². The molecule has 0 aliphatic rings. The van der Waals surface area contributed by atoms with Crippen LogP contribution in [-0.2, 0) is 19.1 Å². The number of methoxy groups -OCH3 is 2. The molecule has 0 amide bonds. The van der Waals surface area contributed by atoms with Crippen molar-refractivity contribution in [1.82, 2.24) is 0 Å². The van der Waals surface area contributed by atoms with Crippen molar-refractivity contribution in [1.29, 1.82) is 0 Å². The Morgan fingerprint density at radius 3 is 1.85 bits per heavy atom. The zero-order chi connectivity index (χ0) is 10.3. The molecule has 13 heavy (non-hydrogen) atoms. The maximum absolute atomic E-state index is 11.1. The van der Waals surface area contributed by atoms with Crippen molar-refractivity contribution in [2.45, 2.75) is 26.2 Å². The third kappa shape index (κ3) is 3.92. The third-order valence-electron chi connectivity index (χ3n) is 1.64. The second-order valence-electron chi connectivity index (χ2n) is 2.57. The van der Waals surface area contributed by atoms with E-state index < -0.39 is 11.9 Å². The first-order valence-electron chi connectivity index (χ1n) is 4.19. The number of unbranched alkanes of at least 4 members (excludes halogenated alkanes) is 1. The fourth-order valence-corrected chi connectivity index (χ4v) is 0.887. The lowest BCUT2D eigenvalue weighted by molar-refractivity contribution is -0.148. The van der Waals surface area contributed by atoms with Gasteiger partial charge in [-0.2, -0.15) is 0 Å². The van der Waals surface area contributed by atoms with Gasteiger partial charge in [-0.05, 0) is 6.42 Å². The Balaban J connectivity index is 4.18. The largest absolute Gasteiger partial charge is 0.468 e. The smallest absolute Gasteiger partial charge is 0.325 e. The fourth-order valence-electron chi connectivity index (χ4n) is 0.887. The lowest BCUT2D eigenvalue weighted by Crippen LogP contribution is -2.24. The highest BCUT2D eigenvalue weighted by molar-refractivity contribution is 6.09. The summed E-state index contributed by atoms with van der Waals surface area (Å²) in [5, 5.41) is 0. The summed E-state index contributed by atoms with van der Waals surface area (Å²) in [6.07, 6.45) is 2.10. The molecule has 0 aromatic heterocycles. The highest BCUT2D eigenvalue weighted by atomic mass is 16.5. The Labute approximate surface area is 78.2 Å². The molecule has 0 atom stereocenters. The molecule has 4 nitrogen and oxygen atoms in total. The van der Waals surface area contributed by atoms with Gasteiger partial charge < -0.3 is 9.47 Å². The molecule has 1 radical (unpaired) electrons. The van der Waals surface area contributed by atoms with E-state index in [1.165, 1.54) is 14.2 Å². The SMILES string of the molecule is CCCC[C](C(=O)OC)C(=O)OC. The van der Waals surface area contributed by atoms with Gasteiger partial charge in [0.2, 0.25) is 0 Å². The Bertz CT molecular complexity index is 160. The van der Waals surface area contributed by atoms with Gasteiger partial charge in [-0.3, -0.25) is 9.59 Å². The van der Waals surface area contributed by atoms with Crippen LogP contribution in [0.4, 0.5) is 0 Å². The number of rotatable bonds is 5. The first-order valence-corrected chi connectivity index (χ1v) is 4.19. The number of hydrogen-bond acceptors (Lipinski definition) is 4. The zero-order valence-corrected chi connectivity index (χ0v) is 8.25. The molecule has 0 N–H and O–H groups in total. The van der Waals surface area contributed by atoms with E-state index in [1.54, 1.807) is 0 Å². The second kappa shape index (κ2) is 6.46. The summed E-state index contributed by atoms with van der Waals surface area (Å²) in [6.45, 7) is 1.98. The molecule has 0 aliphatic carbocycles. The molecule has 0 bridgehead atoms. The zero-order valence-electron chi connectivity index (χ0n) is 8.25. The number of hydrogen-bond donors (Lipinski definition) is 0. The van der Waals surface area contributed by atoms with Crippen LogP contribution >= 0.6 is 0 Å². The van der Waals surface area contributed by atoms with E-state index in [9.17, 15) is 9.59 Å². The van der Waals surface area contributed by atoms with Crippen LogP contribution in [0.5, 0.6) is 0 Å². The van der Waals surface area contributed by atoms with Crippen LogP contribution in [-0.4, -0.2) is 26.2 Å². The summed E-state index contributed by atoms with van der Waals surface area (Å²) in [5.41, 5.74) is 0. The summed E-state index contributed by atoms with van der Waals surface area (Å²) in [4.78, 5) is 22.1. The molecule has 0 rings (SSSR count). The molecule has 4 heteroatoms. The number of carbonyl (C=O) groups excluding carboxylic acids is 2. The predicted molar refractivity (Wildman–Crippen MR) is 46.8 cm³/mol. The third-order valence-corrected chi connectivity index (χ3v) is 1.64. The average Bonchev–Trinajstić information content (AvgIpc) is 2.17. The topological polar surface area (TPSA) is 52.6 Å². The molecule has 0 aromatic carbocycles. The summed E-state index contributed by atoms with van der Waals surface area (Å²) >= 11 is 0. The number of ether oxygens (including phenoxy) is 2. The van der Waals surface area contributed by atoms with Gasteiger partial charge in [0.15, 0.2) is 5.92 Å². The van der Waals surface area contributed by atoms with E-state index in [1.807, 2.05) is 6.92 Å². The lowest BCUT2D eigenvalue weighted by Gasteiger charge is -2.09. The van der Waals surface area contributed by atoms with E-state index >= 15 is 0 Å². The molecule has 0 spiro atoms. The van der Waals surface area contributed by atoms with Crippen molar-refractivity contribution in [3.63, 3.8) is 0 Å². The maximum atomic E-state index is 11.1. The van der Waals surface area contributed by atoms with E-state index in [0.29, 0.717) is 6.42 Å². The monoisotopic (exact) mass is 187 g/mol. The Morgan fingerprint density at radius 1 is 1.08 bits per heavy atom. The lowest BCUT2D eigenvalue weighted by atomic mass is 10.0. The van der Waals surface area contributed by atoms with Crippen molar-refractivity contribution < 1.29 is 19.1 Å². The quantitative estimate of drug-likeness (QED) is 0.477. The Morgan fingerprint density at radius 2 is 1.54 bits per heavy atom. The van der Waals surface area contributed by atoms with Crippen molar-refractivity contribution in [3.8, 4) is 0 Å². The van der Waals surface area contributed by atoms with E-state index in [4.69, 9.17) is 0 Å². The van der Waals surface area contributed by atoms with Gasteiger partial charge in [0, 0.05) is 0 Å². The van der Waals surface area contributed by atoms with Gasteiger partial charge >= 0.3 is 11.9 Å². The molecule has 0 heterocycles. The van der Waals surface area contributed by atoms with Crippen molar-refractivity contribution in [3.05, 3.63) is 5.92 Å². The summed E-state index contributed by atoms with van der Waals surface area (Å²) < 4.78 is 8.91. The second-order valence-corrected chi connectivity index (χ2v) is 2.57. The summed E-state index contributed by atoms with van der Waals surface area (Å²) in [5.74, 6) is -1.10. The fraction of sp³-hybridized carbons (Fsp3) is 0.667. The first kappa shape index (κ1) is 11.9. The molecule has 0 saturated heterocycles. The highest BCUT2D eigenvalue weighted by Crippen LogP contribution is 2.14. The van der Waals surface area contributed by atoms with Crippen LogP contribution in [0.15, 0.2) is 0 Å².